The number of benzene rings is 1. The molecule has 1 saturated carbocycles. The van der Waals surface area contributed by atoms with E-state index in [2.05, 4.69) is 48.8 Å². The predicted octanol–water partition coefficient (Wildman–Crippen LogP) is 2.54. The summed E-state index contributed by atoms with van der Waals surface area (Å²) in [4.78, 5) is 17.3. The van der Waals surface area contributed by atoms with Crippen molar-refractivity contribution in [3.8, 4) is 0 Å². The lowest BCUT2D eigenvalue weighted by molar-refractivity contribution is -0.135. The van der Waals surface area contributed by atoms with Crippen LogP contribution in [-0.4, -0.2) is 47.4 Å². The van der Waals surface area contributed by atoms with Crippen molar-refractivity contribution >= 4 is 5.91 Å². The maximum absolute atomic E-state index is 12.6. The van der Waals surface area contributed by atoms with Crippen LogP contribution in [0, 0.1) is 13.8 Å². The van der Waals surface area contributed by atoms with E-state index in [-0.39, 0.29) is 5.91 Å². The molecule has 0 radical (unpaired) electrons. The molecule has 3 nitrogen and oxygen atoms in total. The average Bonchev–Trinajstić information content (AvgIpc) is 3.27. The van der Waals surface area contributed by atoms with Crippen LogP contribution in [0.25, 0.3) is 0 Å². The van der Waals surface area contributed by atoms with E-state index in [4.69, 9.17) is 0 Å². The SMILES string of the molecule is Cc1ccc(C)c(CC(=O)N2CCN(C3CC3)CC2C)c1. The molecule has 1 aliphatic heterocycles. The molecule has 2 fully saturated rings. The summed E-state index contributed by atoms with van der Waals surface area (Å²) < 4.78 is 0. The van der Waals surface area contributed by atoms with E-state index in [1.54, 1.807) is 0 Å². The second kappa shape index (κ2) is 5.80. The molecule has 1 aromatic rings. The van der Waals surface area contributed by atoms with Gasteiger partial charge >= 0.3 is 0 Å². The quantitative estimate of drug-likeness (QED) is 0.852. The Balaban J connectivity index is 1.63. The van der Waals surface area contributed by atoms with Crippen LogP contribution in [-0.2, 0) is 11.2 Å². The summed E-state index contributed by atoms with van der Waals surface area (Å²) in [6.45, 7) is 9.36. The van der Waals surface area contributed by atoms with E-state index in [1.807, 2.05) is 0 Å². The largest absolute Gasteiger partial charge is 0.337 e. The van der Waals surface area contributed by atoms with Crippen LogP contribution >= 0.6 is 0 Å². The van der Waals surface area contributed by atoms with Gasteiger partial charge in [-0.15, -0.1) is 0 Å². The smallest absolute Gasteiger partial charge is 0.227 e. The first-order valence-electron chi connectivity index (χ1n) is 8.14. The van der Waals surface area contributed by atoms with Gasteiger partial charge < -0.3 is 4.90 Å². The molecule has 1 unspecified atom stereocenters. The Morgan fingerprint density at radius 3 is 2.67 bits per heavy atom. The fourth-order valence-corrected chi connectivity index (χ4v) is 3.38. The van der Waals surface area contributed by atoms with E-state index in [0.717, 1.165) is 25.7 Å². The van der Waals surface area contributed by atoms with Gasteiger partial charge in [-0.2, -0.15) is 0 Å². The topological polar surface area (TPSA) is 23.6 Å². The predicted molar refractivity (Wildman–Crippen MR) is 85.4 cm³/mol. The van der Waals surface area contributed by atoms with Gasteiger partial charge in [-0.05, 0) is 44.7 Å². The van der Waals surface area contributed by atoms with E-state index >= 15 is 0 Å². The summed E-state index contributed by atoms with van der Waals surface area (Å²) in [6.07, 6.45) is 3.24. The van der Waals surface area contributed by atoms with Gasteiger partial charge in [-0.3, -0.25) is 9.69 Å². The van der Waals surface area contributed by atoms with Crippen LogP contribution in [0.1, 0.15) is 36.5 Å². The lowest BCUT2D eigenvalue weighted by Gasteiger charge is -2.40. The molecule has 1 aliphatic carbocycles. The molecule has 1 atom stereocenters. The van der Waals surface area contributed by atoms with Gasteiger partial charge in [0, 0.05) is 31.7 Å². The number of aryl methyl sites for hydroxylation is 2. The molecular formula is C18H26N2O. The molecule has 2 aliphatic rings. The molecule has 3 heteroatoms. The van der Waals surface area contributed by atoms with Gasteiger partial charge in [0.15, 0.2) is 0 Å². The van der Waals surface area contributed by atoms with Gasteiger partial charge in [-0.25, -0.2) is 0 Å². The monoisotopic (exact) mass is 286 g/mol. The molecule has 0 bridgehead atoms. The molecule has 0 aromatic heterocycles. The molecule has 0 spiro atoms. The van der Waals surface area contributed by atoms with Crippen LogP contribution in [0.15, 0.2) is 18.2 Å². The normalized spacial score (nSPS) is 23.4. The zero-order valence-electron chi connectivity index (χ0n) is 13.4. The average molecular weight is 286 g/mol. The van der Waals surface area contributed by atoms with Crippen molar-refractivity contribution in [1.29, 1.82) is 0 Å². The fraction of sp³-hybridized carbons (Fsp3) is 0.611. The standard InChI is InChI=1S/C18H26N2O/c1-13-4-5-14(2)16(10-13)11-18(21)20-9-8-19(12-15(20)3)17-6-7-17/h4-5,10,15,17H,6-9,11-12H2,1-3H3. The van der Waals surface area contributed by atoms with Crippen molar-refractivity contribution in [3.63, 3.8) is 0 Å². The number of hydrogen-bond acceptors (Lipinski definition) is 2. The Labute approximate surface area is 127 Å². The highest BCUT2D eigenvalue weighted by molar-refractivity contribution is 5.79. The Morgan fingerprint density at radius 1 is 1.24 bits per heavy atom. The zero-order valence-corrected chi connectivity index (χ0v) is 13.4. The van der Waals surface area contributed by atoms with Crippen LogP contribution in [0.4, 0.5) is 0 Å². The lowest BCUT2D eigenvalue weighted by Crippen LogP contribution is -2.54. The maximum atomic E-state index is 12.6. The number of amides is 1. The van der Waals surface area contributed by atoms with Gasteiger partial charge in [0.1, 0.15) is 0 Å². The summed E-state index contributed by atoms with van der Waals surface area (Å²) in [7, 11) is 0. The summed E-state index contributed by atoms with van der Waals surface area (Å²) in [6, 6.07) is 7.53. The van der Waals surface area contributed by atoms with E-state index in [0.29, 0.717) is 12.5 Å². The third-order valence-corrected chi connectivity index (χ3v) is 4.89. The summed E-state index contributed by atoms with van der Waals surface area (Å²) >= 11 is 0. The van der Waals surface area contributed by atoms with Crippen molar-refractivity contribution in [2.45, 2.75) is 52.1 Å². The van der Waals surface area contributed by atoms with E-state index < -0.39 is 0 Å². The van der Waals surface area contributed by atoms with Crippen LogP contribution in [0.2, 0.25) is 0 Å². The Bertz CT molecular complexity index is 536. The second-order valence-corrected chi connectivity index (χ2v) is 6.77. The maximum Gasteiger partial charge on any atom is 0.227 e. The minimum Gasteiger partial charge on any atom is -0.337 e. The summed E-state index contributed by atoms with van der Waals surface area (Å²) in [5.41, 5.74) is 3.63. The van der Waals surface area contributed by atoms with Gasteiger partial charge in [0.05, 0.1) is 6.42 Å². The fourth-order valence-electron chi connectivity index (χ4n) is 3.38. The summed E-state index contributed by atoms with van der Waals surface area (Å²) in [5, 5.41) is 0. The zero-order chi connectivity index (χ0) is 15.0. The molecule has 21 heavy (non-hydrogen) atoms. The highest BCUT2D eigenvalue weighted by atomic mass is 16.2. The number of rotatable bonds is 3. The third kappa shape index (κ3) is 3.29. The highest BCUT2D eigenvalue weighted by Crippen LogP contribution is 2.29. The number of carbonyl (C=O) groups is 1. The van der Waals surface area contributed by atoms with Crippen molar-refractivity contribution in [2.24, 2.45) is 0 Å². The van der Waals surface area contributed by atoms with Gasteiger partial charge in [0.25, 0.3) is 0 Å². The molecule has 1 saturated heterocycles. The van der Waals surface area contributed by atoms with Crippen molar-refractivity contribution in [2.75, 3.05) is 19.6 Å². The first-order chi connectivity index (χ1) is 10.0. The molecule has 1 heterocycles. The highest BCUT2D eigenvalue weighted by Gasteiger charge is 2.35. The minimum absolute atomic E-state index is 0.284. The first-order valence-corrected chi connectivity index (χ1v) is 8.14. The molecule has 114 valence electrons. The third-order valence-electron chi connectivity index (χ3n) is 4.89. The molecule has 0 N–H and O–H groups in total. The molecule has 3 rings (SSSR count). The van der Waals surface area contributed by atoms with Crippen LogP contribution < -0.4 is 0 Å². The van der Waals surface area contributed by atoms with E-state index in [1.165, 1.54) is 29.5 Å². The Hall–Kier alpha value is -1.35. The van der Waals surface area contributed by atoms with Crippen LogP contribution in [0.3, 0.4) is 0 Å². The van der Waals surface area contributed by atoms with Crippen LogP contribution in [0.5, 0.6) is 0 Å². The second-order valence-electron chi connectivity index (χ2n) is 6.77. The summed E-state index contributed by atoms with van der Waals surface area (Å²) in [5.74, 6) is 0.284. The number of carbonyl (C=O) groups excluding carboxylic acids is 1. The minimum atomic E-state index is 0.284. The van der Waals surface area contributed by atoms with Gasteiger partial charge in [0.2, 0.25) is 5.91 Å². The Morgan fingerprint density at radius 2 is 2.00 bits per heavy atom. The number of hydrogen-bond donors (Lipinski definition) is 0. The van der Waals surface area contributed by atoms with Crippen molar-refractivity contribution in [1.82, 2.24) is 9.80 Å². The van der Waals surface area contributed by atoms with E-state index in [9.17, 15) is 4.79 Å². The van der Waals surface area contributed by atoms with Crippen molar-refractivity contribution < 1.29 is 4.79 Å². The van der Waals surface area contributed by atoms with Gasteiger partial charge in [-0.1, -0.05) is 23.8 Å². The molecular weight excluding hydrogens is 260 g/mol. The van der Waals surface area contributed by atoms with Crippen molar-refractivity contribution in [3.05, 3.63) is 34.9 Å². The molecule has 1 amide bonds. The Kier molecular flexibility index (Phi) is 4.03. The lowest BCUT2D eigenvalue weighted by atomic mass is 10.0. The first kappa shape index (κ1) is 14.6. The number of nitrogens with zero attached hydrogens (tertiary/aromatic N) is 2. The number of piperazine rings is 1. The molecule has 1 aromatic carbocycles.